The Bertz CT molecular complexity index is 583. The zero-order valence-electron chi connectivity index (χ0n) is 12.6. The van der Waals surface area contributed by atoms with Gasteiger partial charge in [-0.15, -0.1) is 11.8 Å². The summed E-state index contributed by atoms with van der Waals surface area (Å²) in [6, 6.07) is 8.80. The molecule has 2 aromatic rings. The lowest BCUT2D eigenvalue weighted by molar-refractivity contribution is 0.592. The lowest BCUT2D eigenvalue weighted by Crippen LogP contribution is -2.26. The van der Waals surface area contributed by atoms with Gasteiger partial charge in [-0.3, -0.25) is 4.68 Å². The van der Waals surface area contributed by atoms with Crippen LogP contribution in [0, 0.1) is 5.82 Å². The Balaban J connectivity index is 1.92. The van der Waals surface area contributed by atoms with Crippen LogP contribution in [0.2, 0.25) is 0 Å². The second kappa shape index (κ2) is 7.61. The van der Waals surface area contributed by atoms with Crippen molar-refractivity contribution in [2.45, 2.75) is 44.2 Å². The second-order valence-corrected chi connectivity index (χ2v) is 6.12. The molecule has 114 valence electrons. The minimum atomic E-state index is -0.204. The topological polar surface area (TPSA) is 43.8 Å². The van der Waals surface area contributed by atoms with Crippen LogP contribution in [0.5, 0.6) is 0 Å². The molecular weight excluding hydrogens is 285 g/mol. The standard InChI is InChI=1S/C16H22FN3S/c1-3-14-10-15(20(4-2)19-14)9-13(18)11-21-16-7-5-6-12(17)8-16/h5-8,10,13H,3-4,9,11,18H2,1-2H3. The lowest BCUT2D eigenvalue weighted by Gasteiger charge is -2.12. The normalized spacial score (nSPS) is 12.6. The molecule has 2 rings (SSSR count). The highest BCUT2D eigenvalue weighted by Crippen LogP contribution is 2.20. The minimum absolute atomic E-state index is 0.0324. The minimum Gasteiger partial charge on any atom is -0.327 e. The maximum absolute atomic E-state index is 13.1. The number of nitrogens with zero attached hydrogens (tertiary/aromatic N) is 2. The first kappa shape index (κ1) is 16.0. The average molecular weight is 307 g/mol. The summed E-state index contributed by atoms with van der Waals surface area (Å²) in [5.74, 6) is 0.560. The lowest BCUT2D eigenvalue weighted by atomic mass is 10.2. The molecule has 21 heavy (non-hydrogen) atoms. The number of hydrogen-bond acceptors (Lipinski definition) is 3. The molecule has 2 N–H and O–H groups in total. The third kappa shape index (κ3) is 4.58. The van der Waals surface area contributed by atoms with Crippen LogP contribution in [0.1, 0.15) is 25.2 Å². The van der Waals surface area contributed by atoms with E-state index < -0.39 is 0 Å². The summed E-state index contributed by atoms with van der Waals surface area (Å²) >= 11 is 1.59. The van der Waals surface area contributed by atoms with Crippen LogP contribution < -0.4 is 5.73 Å². The fourth-order valence-corrected chi connectivity index (χ4v) is 3.11. The summed E-state index contributed by atoms with van der Waals surface area (Å²) in [5.41, 5.74) is 8.50. The number of aryl methyl sites for hydroxylation is 2. The third-order valence-electron chi connectivity index (χ3n) is 3.31. The van der Waals surface area contributed by atoms with Crippen LogP contribution in [0.4, 0.5) is 4.39 Å². The van der Waals surface area contributed by atoms with E-state index >= 15 is 0 Å². The van der Waals surface area contributed by atoms with Crippen molar-refractivity contribution in [1.29, 1.82) is 0 Å². The fourth-order valence-electron chi connectivity index (χ4n) is 2.21. The van der Waals surface area contributed by atoms with Gasteiger partial charge >= 0.3 is 0 Å². The number of hydrogen-bond donors (Lipinski definition) is 1. The van der Waals surface area contributed by atoms with E-state index in [0.717, 1.165) is 35.7 Å². The number of nitrogens with two attached hydrogens (primary N) is 1. The molecule has 0 amide bonds. The van der Waals surface area contributed by atoms with Gasteiger partial charge in [0.25, 0.3) is 0 Å². The highest BCUT2D eigenvalue weighted by Gasteiger charge is 2.11. The predicted octanol–water partition coefficient (Wildman–Crippen LogP) is 3.27. The van der Waals surface area contributed by atoms with Gasteiger partial charge in [0.1, 0.15) is 5.82 Å². The summed E-state index contributed by atoms with van der Waals surface area (Å²) in [6.07, 6.45) is 1.73. The fraction of sp³-hybridized carbons (Fsp3) is 0.438. The molecular formula is C16H22FN3S. The molecule has 1 aromatic carbocycles. The van der Waals surface area contributed by atoms with Gasteiger partial charge in [-0.05, 0) is 37.6 Å². The molecule has 5 heteroatoms. The predicted molar refractivity (Wildman–Crippen MR) is 86.1 cm³/mol. The van der Waals surface area contributed by atoms with Crippen LogP contribution in [0.3, 0.4) is 0 Å². The van der Waals surface area contributed by atoms with Gasteiger partial charge in [-0.2, -0.15) is 5.10 Å². The van der Waals surface area contributed by atoms with E-state index in [9.17, 15) is 4.39 Å². The summed E-state index contributed by atoms with van der Waals surface area (Å²) < 4.78 is 15.1. The van der Waals surface area contributed by atoms with E-state index in [-0.39, 0.29) is 11.9 Å². The van der Waals surface area contributed by atoms with Crippen LogP contribution >= 0.6 is 11.8 Å². The van der Waals surface area contributed by atoms with E-state index in [1.807, 2.05) is 10.7 Å². The van der Waals surface area contributed by atoms with Crippen molar-refractivity contribution < 1.29 is 4.39 Å². The molecule has 1 atom stereocenters. The molecule has 0 radical (unpaired) electrons. The molecule has 0 aliphatic carbocycles. The molecule has 0 saturated heterocycles. The van der Waals surface area contributed by atoms with Crippen LogP contribution in [-0.2, 0) is 19.4 Å². The molecule has 0 fully saturated rings. The summed E-state index contributed by atoms with van der Waals surface area (Å²) in [4.78, 5) is 0.920. The van der Waals surface area contributed by atoms with E-state index in [4.69, 9.17) is 5.73 Å². The van der Waals surface area contributed by atoms with Crippen molar-refractivity contribution in [3.63, 3.8) is 0 Å². The maximum atomic E-state index is 13.1. The Labute approximate surface area is 129 Å². The summed E-state index contributed by atoms with van der Waals surface area (Å²) in [5, 5.41) is 4.53. The van der Waals surface area contributed by atoms with Crippen molar-refractivity contribution in [3.8, 4) is 0 Å². The SMILES string of the molecule is CCc1cc(CC(N)CSc2cccc(F)c2)n(CC)n1. The first-order valence-electron chi connectivity index (χ1n) is 7.32. The van der Waals surface area contributed by atoms with Crippen molar-refractivity contribution in [3.05, 3.63) is 47.5 Å². The zero-order valence-corrected chi connectivity index (χ0v) is 13.4. The van der Waals surface area contributed by atoms with E-state index in [0.29, 0.717) is 0 Å². The molecule has 0 spiro atoms. The molecule has 0 aliphatic heterocycles. The van der Waals surface area contributed by atoms with Gasteiger partial charge in [0, 0.05) is 35.3 Å². The molecule has 1 aromatic heterocycles. The van der Waals surface area contributed by atoms with Gasteiger partial charge in [0.15, 0.2) is 0 Å². The highest BCUT2D eigenvalue weighted by molar-refractivity contribution is 7.99. The quantitative estimate of drug-likeness (QED) is 0.798. The molecule has 1 unspecified atom stereocenters. The van der Waals surface area contributed by atoms with Gasteiger partial charge in [0.2, 0.25) is 0 Å². The molecule has 3 nitrogen and oxygen atoms in total. The van der Waals surface area contributed by atoms with Gasteiger partial charge < -0.3 is 5.73 Å². The Morgan fingerprint density at radius 3 is 2.81 bits per heavy atom. The maximum Gasteiger partial charge on any atom is 0.124 e. The smallest absolute Gasteiger partial charge is 0.124 e. The van der Waals surface area contributed by atoms with E-state index in [1.54, 1.807) is 23.9 Å². The first-order chi connectivity index (χ1) is 10.1. The number of thioether (sulfide) groups is 1. The number of aromatic nitrogens is 2. The molecule has 0 bridgehead atoms. The summed E-state index contributed by atoms with van der Waals surface area (Å²) in [7, 11) is 0. The zero-order chi connectivity index (χ0) is 15.2. The van der Waals surface area contributed by atoms with Crippen LogP contribution in [0.15, 0.2) is 35.2 Å². The van der Waals surface area contributed by atoms with Gasteiger partial charge in [-0.1, -0.05) is 13.0 Å². The van der Waals surface area contributed by atoms with Gasteiger partial charge in [0.05, 0.1) is 5.69 Å². The van der Waals surface area contributed by atoms with E-state index in [1.165, 1.54) is 11.8 Å². The van der Waals surface area contributed by atoms with Crippen molar-refractivity contribution >= 4 is 11.8 Å². The Morgan fingerprint density at radius 2 is 2.14 bits per heavy atom. The molecule has 0 aliphatic rings. The van der Waals surface area contributed by atoms with Crippen LogP contribution in [0.25, 0.3) is 0 Å². The second-order valence-electron chi connectivity index (χ2n) is 5.03. The van der Waals surface area contributed by atoms with Crippen molar-refractivity contribution in [2.75, 3.05) is 5.75 Å². The Kier molecular flexibility index (Phi) is 5.82. The van der Waals surface area contributed by atoms with Crippen LogP contribution in [-0.4, -0.2) is 21.6 Å². The average Bonchev–Trinajstić information content (AvgIpc) is 2.87. The summed E-state index contributed by atoms with van der Waals surface area (Å²) in [6.45, 7) is 5.05. The van der Waals surface area contributed by atoms with E-state index in [2.05, 4.69) is 25.0 Å². The Hall–Kier alpha value is -1.33. The largest absolute Gasteiger partial charge is 0.327 e. The number of halogens is 1. The van der Waals surface area contributed by atoms with Crippen molar-refractivity contribution in [1.82, 2.24) is 9.78 Å². The van der Waals surface area contributed by atoms with Gasteiger partial charge in [-0.25, -0.2) is 4.39 Å². The highest BCUT2D eigenvalue weighted by atomic mass is 32.2. The Morgan fingerprint density at radius 1 is 1.33 bits per heavy atom. The number of rotatable bonds is 7. The number of benzene rings is 1. The monoisotopic (exact) mass is 307 g/mol. The molecule has 0 saturated carbocycles. The first-order valence-corrected chi connectivity index (χ1v) is 8.30. The third-order valence-corrected chi connectivity index (χ3v) is 4.49. The molecule has 1 heterocycles. The van der Waals surface area contributed by atoms with Crippen molar-refractivity contribution in [2.24, 2.45) is 5.73 Å².